The molecule has 0 bridgehead atoms. The number of ether oxygens (including phenoxy) is 2. The summed E-state index contributed by atoms with van der Waals surface area (Å²) in [5.41, 5.74) is 1.09. The van der Waals surface area contributed by atoms with Crippen molar-refractivity contribution in [1.29, 1.82) is 0 Å². The number of urea groups is 1. The molecule has 1 N–H and O–H groups in total. The summed E-state index contributed by atoms with van der Waals surface area (Å²) < 4.78 is 10.9. The van der Waals surface area contributed by atoms with Crippen molar-refractivity contribution in [2.75, 3.05) is 39.3 Å². The number of methoxy groups -OCH3 is 2. The van der Waals surface area contributed by atoms with Crippen molar-refractivity contribution in [2.45, 2.75) is 25.4 Å². The average molecular weight is 472 g/mol. The summed E-state index contributed by atoms with van der Waals surface area (Å²) in [5.74, 6) is 2.16. The molecule has 2 amide bonds. The molecule has 0 atom stereocenters. The molecule has 2 aromatic carbocycles. The van der Waals surface area contributed by atoms with Gasteiger partial charge in [-0.3, -0.25) is 0 Å². The van der Waals surface area contributed by atoms with Gasteiger partial charge in [-0.25, -0.2) is 4.79 Å². The Hall–Kier alpha value is -3.26. The number of fused-ring (bicyclic) bond motifs is 1. The van der Waals surface area contributed by atoms with E-state index in [1.165, 1.54) is 0 Å². The first-order valence-corrected chi connectivity index (χ1v) is 10.8. The average Bonchev–Trinajstić information content (AvgIpc) is 2.86. The second kappa shape index (κ2) is 11.0. The first-order valence-electron chi connectivity index (χ1n) is 10.8. The molecule has 4 rings (SSSR count). The van der Waals surface area contributed by atoms with Crippen LogP contribution in [-0.2, 0) is 6.54 Å². The van der Waals surface area contributed by atoms with Crippen molar-refractivity contribution in [2.24, 2.45) is 0 Å². The second-order valence-electron chi connectivity index (χ2n) is 7.94. The smallest absolute Gasteiger partial charge is 0.317 e. The lowest BCUT2D eigenvalue weighted by molar-refractivity contribution is 0.179. The van der Waals surface area contributed by atoms with Gasteiger partial charge in [-0.05, 0) is 30.5 Å². The number of carbonyl (C=O) groups is 1. The van der Waals surface area contributed by atoms with E-state index in [1.807, 2.05) is 54.4 Å². The Balaban J connectivity index is 0.00000306. The second-order valence-corrected chi connectivity index (χ2v) is 7.94. The molecule has 0 unspecified atom stereocenters. The molecule has 1 aliphatic heterocycles. The molecule has 1 saturated heterocycles. The van der Waals surface area contributed by atoms with Gasteiger partial charge in [0.05, 0.1) is 20.4 Å². The number of aromatic nitrogens is 2. The van der Waals surface area contributed by atoms with E-state index in [2.05, 4.69) is 20.4 Å². The molecule has 1 aliphatic rings. The number of piperidine rings is 1. The van der Waals surface area contributed by atoms with Crippen LogP contribution in [0.15, 0.2) is 48.7 Å². The van der Waals surface area contributed by atoms with Crippen LogP contribution in [0.25, 0.3) is 10.8 Å². The third kappa shape index (κ3) is 5.39. The molecule has 0 aliphatic carbocycles. The molecule has 2 heterocycles. The molecule has 1 aromatic heterocycles. The Morgan fingerprint density at radius 2 is 1.79 bits per heavy atom. The van der Waals surface area contributed by atoms with Gasteiger partial charge >= 0.3 is 6.03 Å². The minimum atomic E-state index is -0.0471. The molecule has 9 heteroatoms. The zero-order chi connectivity index (χ0) is 22.5. The first kappa shape index (κ1) is 24.4. The Bertz CT molecular complexity index is 1070. The number of hydrogen-bond donors (Lipinski definition) is 1. The van der Waals surface area contributed by atoms with Crippen LogP contribution in [0.1, 0.15) is 18.4 Å². The summed E-state index contributed by atoms with van der Waals surface area (Å²) in [5, 5.41) is 13.5. The number of hydrogen-bond acceptors (Lipinski definition) is 6. The summed E-state index contributed by atoms with van der Waals surface area (Å²) in [7, 11) is 5.12. The van der Waals surface area contributed by atoms with Gasteiger partial charge in [-0.2, -0.15) is 5.10 Å². The SMILES string of the molecule is COc1cc2cnnc(N3CCC(N(C)C(=O)NCc4ccccc4)CC3)c2cc1OC.Cl. The monoisotopic (exact) mass is 471 g/mol. The summed E-state index contributed by atoms with van der Waals surface area (Å²) >= 11 is 0. The Morgan fingerprint density at radius 1 is 1.12 bits per heavy atom. The van der Waals surface area contributed by atoms with Crippen molar-refractivity contribution in [1.82, 2.24) is 20.4 Å². The van der Waals surface area contributed by atoms with E-state index in [0.717, 1.165) is 48.1 Å². The highest BCUT2D eigenvalue weighted by Crippen LogP contribution is 2.36. The van der Waals surface area contributed by atoms with Crippen molar-refractivity contribution in [3.8, 4) is 11.5 Å². The fraction of sp³-hybridized carbons (Fsp3) is 0.375. The van der Waals surface area contributed by atoms with E-state index in [4.69, 9.17) is 9.47 Å². The van der Waals surface area contributed by atoms with Gasteiger partial charge in [-0.15, -0.1) is 17.5 Å². The largest absolute Gasteiger partial charge is 0.493 e. The van der Waals surface area contributed by atoms with Crippen LogP contribution in [0.2, 0.25) is 0 Å². The molecule has 0 spiro atoms. The van der Waals surface area contributed by atoms with Gasteiger partial charge < -0.3 is 24.6 Å². The molecule has 1 fully saturated rings. The highest BCUT2D eigenvalue weighted by molar-refractivity contribution is 5.94. The van der Waals surface area contributed by atoms with Crippen molar-refractivity contribution >= 4 is 35.0 Å². The molecule has 8 nitrogen and oxygen atoms in total. The third-order valence-corrected chi connectivity index (χ3v) is 6.06. The van der Waals surface area contributed by atoms with Gasteiger partial charge in [-0.1, -0.05) is 30.3 Å². The van der Waals surface area contributed by atoms with E-state index in [1.54, 1.807) is 20.4 Å². The van der Waals surface area contributed by atoms with E-state index in [-0.39, 0.29) is 24.5 Å². The minimum Gasteiger partial charge on any atom is -0.493 e. The third-order valence-electron chi connectivity index (χ3n) is 6.06. The fourth-order valence-corrected chi connectivity index (χ4v) is 4.16. The van der Waals surface area contributed by atoms with Crippen LogP contribution in [0.3, 0.4) is 0 Å². The van der Waals surface area contributed by atoms with Crippen molar-refractivity contribution in [3.05, 3.63) is 54.2 Å². The van der Waals surface area contributed by atoms with E-state index in [0.29, 0.717) is 18.0 Å². The van der Waals surface area contributed by atoms with Crippen molar-refractivity contribution < 1.29 is 14.3 Å². The predicted octanol–water partition coefficient (Wildman–Crippen LogP) is 3.88. The maximum atomic E-state index is 12.6. The molecule has 3 aromatic rings. The van der Waals surface area contributed by atoms with E-state index >= 15 is 0 Å². The molecule has 33 heavy (non-hydrogen) atoms. The van der Waals surface area contributed by atoms with Gasteiger partial charge in [0.1, 0.15) is 0 Å². The molecular weight excluding hydrogens is 442 g/mol. The maximum absolute atomic E-state index is 12.6. The maximum Gasteiger partial charge on any atom is 0.317 e. The lowest BCUT2D eigenvalue weighted by Gasteiger charge is -2.37. The molecule has 0 saturated carbocycles. The van der Waals surface area contributed by atoms with Crippen LogP contribution in [0.4, 0.5) is 10.6 Å². The van der Waals surface area contributed by atoms with Gasteiger partial charge in [0.25, 0.3) is 0 Å². The van der Waals surface area contributed by atoms with Gasteiger partial charge in [0.15, 0.2) is 17.3 Å². The van der Waals surface area contributed by atoms with E-state index in [9.17, 15) is 4.79 Å². The Labute approximate surface area is 200 Å². The highest BCUT2D eigenvalue weighted by atomic mass is 35.5. The number of nitrogens with one attached hydrogen (secondary N) is 1. The van der Waals surface area contributed by atoms with Crippen LogP contribution in [-0.4, -0.2) is 61.5 Å². The predicted molar refractivity (Wildman–Crippen MR) is 132 cm³/mol. The summed E-state index contributed by atoms with van der Waals surface area (Å²) in [4.78, 5) is 16.7. The topological polar surface area (TPSA) is 79.8 Å². The highest BCUT2D eigenvalue weighted by Gasteiger charge is 2.27. The lowest BCUT2D eigenvalue weighted by Crippen LogP contribution is -2.49. The molecule has 0 radical (unpaired) electrons. The zero-order valence-electron chi connectivity index (χ0n) is 19.2. The van der Waals surface area contributed by atoms with Crippen molar-refractivity contribution in [3.63, 3.8) is 0 Å². The molecular formula is C24H30ClN5O3. The fourth-order valence-electron chi connectivity index (χ4n) is 4.16. The summed E-state index contributed by atoms with van der Waals surface area (Å²) in [6.07, 6.45) is 3.46. The quantitative estimate of drug-likeness (QED) is 0.587. The van der Waals surface area contributed by atoms with Gasteiger partial charge in [0.2, 0.25) is 0 Å². The van der Waals surface area contributed by atoms with Crippen LogP contribution < -0.4 is 19.7 Å². The Morgan fingerprint density at radius 3 is 2.45 bits per heavy atom. The van der Waals surface area contributed by atoms with Crippen LogP contribution in [0.5, 0.6) is 11.5 Å². The number of rotatable bonds is 6. The normalized spacial score (nSPS) is 13.8. The summed E-state index contributed by atoms with van der Waals surface area (Å²) in [6, 6.07) is 13.9. The number of carbonyl (C=O) groups excluding carboxylic acids is 1. The zero-order valence-corrected chi connectivity index (χ0v) is 20.0. The van der Waals surface area contributed by atoms with Gasteiger partial charge in [0, 0.05) is 43.5 Å². The first-order chi connectivity index (χ1) is 15.6. The Kier molecular flexibility index (Phi) is 8.16. The summed E-state index contributed by atoms with van der Waals surface area (Å²) in [6.45, 7) is 2.12. The molecule has 176 valence electrons. The number of benzene rings is 2. The number of halogens is 1. The number of anilines is 1. The minimum absolute atomic E-state index is 0. The lowest BCUT2D eigenvalue weighted by atomic mass is 10.0. The van der Waals surface area contributed by atoms with Crippen LogP contribution >= 0.6 is 12.4 Å². The number of amides is 2. The van der Waals surface area contributed by atoms with Crippen LogP contribution in [0, 0.1) is 0 Å². The van der Waals surface area contributed by atoms with E-state index < -0.39 is 0 Å². The number of nitrogens with zero attached hydrogens (tertiary/aromatic N) is 4. The standard InChI is InChI=1S/C24H29N5O3.ClH/c1-28(24(30)25-15-17-7-5-4-6-8-17)19-9-11-29(12-10-19)23-20-14-22(32-3)21(31-2)13-18(20)16-26-27-23;/h4-8,13-14,16,19H,9-12,15H2,1-3H3,(H,25,30);1H.